The van der Waals surface area contributed by atoms with Gasteiger partial charge in [0.25, 0.3) is 5.97 Å². The van der Waals surface area contributed by atoms with Crippen LogP contribution in [0.4, 0.5) is 0 Å². The van der Waals surface area contributed by atoms with Crippen molar-refractivity contribution in [2.75, 3.05) is 32.7 Å². The molecule has 0 amide bonds. The van der Waals surface area contributed by atoms with Gasteiger partial charge in [0.2, 0.25) is 0 Å². The Morgan fingerprint density at radius 1 is 0.861 bits per heavy atom. The summed E-state index contributed by atoms with van der Waals surface area (Å²) in [5.41, 5.74) is 1.00. The van der Waals surface area contributed by atoms with E-state index in [1.165, 1.54) is 0 Å². The number of rotatable bonds is 9. The fourth-order valence-corrected chi connectivity index (χ4v) is 5.18. The van der Waals surface area contributed by atoms with Crippen LogP contribution in [0.15, 0.2) is 82.6 Å². The predicted molar refractivity (Wildman–Crippen MR) is 144 cm³/mol. The van der Waals surface area contributed by atoms with E-state index in [1.807, 2.05) is 79.1 Å². The standard InChI is InChI=1S/C29H32O5S2/c1-27-18-32-28(33-19-27,34-20-27)16-3-17-31-24-10-4-21(5-11-24)29(30,22-6-12-25(35)13-7-22)23-8-14-26(36-2)15-9-23/h4-15,30,35H,3,16-20H2,1-2H3. The molecule has 0 aromatic heterocycles. The average molecular weight is 525 g/mol. The first-order chi connectivity index (χ1) is 17.3. The monoisotopic (exact) mass is 524 g/mol. The van der Waals surface area contributed by atoms with Crippen LogP contribution in [-0.2, 0) is 19.8 Å². The number of ether oxygens (including phenoxy) is 4. The minimum atomic E-state index is -1.31. The van der Waals surface area contributed by atoms with Crippen molar-refractivity contribution >= 4 is 24.4 Å². The number of hydrogen-bond donors (Lipinski definition) is 2. The zero-order valence-corrected chi connectivity index (χ0v) is 22.3. The van der Waals surface area contributed by atoms with Crippen molar-refractivity contribution in [1.29, 1.82) is 0 Å². The van der Waals surface area contributed by atoms with Gasteiger partial charge < -0.3 is 24.1 Å². The maximum absolute atomic E-state index is 12.1. The van der Waals surface area contributed by atoms with Crippen LogP contribution in [0.5, 0.6) is 5.75 Å². The smallest absolute Gasteiger partial charge is 0.283 e. The fraction of sp³-hybridized carbons (Fsp3) is 0.379. The predicted octanol–water partition coefficient (Wildman–Crippen LogP) is 5.88. The van der Waals surface area contributed by atoms with E-state index in [0.29, 0.717) is 32.8 Å². The van der Waals surface area contributed by atoms with Gasteiger partial charge in [0, 0.05) is 21.6 Å². The average Bonchev–Trinajstić information content (AvgIpc) is 2.92. The molecule has 190 valence electrons. The SMILES string of the molecule is CSc1ccc(C(O)(c2ccc(S)cc2)c2ccc(OCCCC34OCC(C)(CO3)CO4)cc2)cc1. The largest absolute Gasteiger partial charge is 0.494 e. The highest BCUT2D eigenvalue weighted by molar-refractivity contribution is 7.98. The van der Waals surface area contributed by atoms with Gasteiger partial charge in [-0.1, -0.05) is 43.3 Å². The van der Waals surface area contributed by atoms with E-state index in [9.17, 15) is 5.11 Å². The Labute approximate surface area is 222 Å². The molecule has 3 aliphatic heterocycles. The normalized spacial score (nSPS) is 24.9. The van der Waals surface area contributed by atoms with Crippen molar-refractivity contribution in [3.05, 3.63) is 89.5 Å². The van der Waals surface area contributed by atoms with Crippen molar-refractivity contribution < 1.29 is 24.1 Å². The van der Waals surface area contributed by atoms with E-state index in [-0.39, 0.29) is 5.41 Å². The summed E-state index contributed by atoms with van der Waals surface area (Å²) in [7, 11) is 0. The highest BCUT2D eigenvalue weighted by atomic mass is 32.2. The molecule has 3 heterocycles. The molecular formula is C29H32O5S2. The van der Waals surface area contributed by atoms with Gasteiger partial charge in [-0.25, -0.2) is 0 Å². The summed E-state index contributed by atoms with van der Waals surface area (Å²) < 4.78 is 23.5. The second-order valence-electron chi connectivity index (χ2n) is 9.82. The maximum Gasteiger partial charge on any atom is 0.283 e. The molecule has 5 nitrogen and oxygen atoms in total. The van der Waals surface area contributed by atoms with E-state index in [0.717, 1.165) is 38.7 Å². The molecule has 0 aliphatic carbocycles. The van der Waals surface area contributed by atoms with Gasteiger partial charge in [-0.2, -0.15) is 0 Å². The number of benzene rings is 3. The van der Waals surface area contributed by atoms with E-state index in [1.54, 1.807) is 11.8 Å². The molecule has 1 atom stereocenters. The molecule has 3 saturated heterocycles. The van der Waals surface area contributed by atoms with Gasteiger partial charge in [-0.3, -0.25) is 0 Å². The summed E-state index contributed by atoms with van der Waals surface area (Å²) >= 11 is 6.08. The van der Waals surface area contributed by atoms with Gasteiger partial charge in [0.1, 0.15) is 11.4 Å². The summed E-state index contributed by atoms with van der Waals surface area (Å²) in [5.74, 6) is -0.180. The van der Waals surface area contributed by atoms with Gasteiger partial charge in [-0.15, -0.1) is 24.4 Å². The van der Waals surface area contributed by atoms with Crippen LogP contribution in [0.2, 0.25) is 0 Å². The van der Waals surface area contributed by atoms with Crippen LogP contribution < -0.4 is 4.74 Å². The van der Waals surface area contributed by atoms with Crippen molar-refractivity contribution in [1.82, 2.24) is 0 Å². The molecule has 1 N–H and O–H groups in total. The van der Waals surface area contributed by atoms with Crippen LogP contribution in [0.3, 0.4) is 0 Å². The lowest BCUT2D eigenvalue weighted by Gasteiger charge is -2.50. The molecule has 0 saturated carbocycles. The molecule has 36 heavy (non-hydrogen) atoms. The summed E-state index contributed by atoms with van der Waals surface area (Å²) in [6.07, 6.45) is 3.40. The topological polar surface area (TPSA) is 57.2 Å². The summed E-state index contributed by atoms with van der Waals surface area (Å²) in [4.78, 5) is 1.99. The molecule has 3 fully saturated rings. The first kappa shape index (κ1) is 25.6. The Morgan fingerprint density at radius 3 is 1.89 bits per heavy atom. The van der Waals surface area contributed by atoms with E-state index < -0.39 is 11.6 Å². The number of thiol groups is 1. The Balaban J connectivity index is 1.28. The van der Waals surface area contributed by atoms with E-state index in [4.69, 9.17) is 18.9 Å². The van der Waals surface area contributed by atoms with Gasteiger partial charge in [-0.05, 0) is 65.8 Å². The zero-order chi connectivity index (χ0) is 25.2. The first-order valence-corrected chi connectivity index (χ1v) is 13.8. The number of fused-ring (bicyclic) bond motifs is 3. The highest BCUT2D eigenvalue weighted by Gasteiger charge is 2.49. The van der Waals surface area contributed by atoms with Gasteiger partial charge in [0.15, 0.2) is 0 Å². The third kappa shape index (κ3) is 5.19. The minimum Gasteiger partial charge on any atom is -0.494 e. The molecule has 0 spiro atoms. The summed E-state index contributed by atoms with van der Waals surface area (Å²) in [6.45, 7) is 4.61. The Kier molecular flexibility index (Phi) is 7.41. The Morgan fingerprint density at radius 2 is 1.36 bits per heavy atom. The van der Waals surface area contributed by atoms with Crippen LogP contribution in [0.1, 0.15) is 36.5 Å². The summed E-state index contributed by atoms with van der Waals surface area (Å²) in [6, 6.07) is 23.3. The maximum atomic E-state index is 12.1. The molecule has 1 unspecified atom stereocenters. The van der Waals surface area contributed by atoms with Crippen molar-refractivity contribution in [3.8, 4) is 5.75 Å². The third-order valence-corrected chi connectivity index (χ3v) is 7.92. The zero-order valence-electron chi connectivity index (χ0n) is 20.6. The lowest BCUT2D eigenvalue weighted by atomic mass is 9.80. The Bertz CT molecular complexity index is 1140. The lowest BCUT2D eigenvalue weighted by Crippen LogP contribution is -2.58. The van der Waals surface area contributed by atoms with Crippen molar-refractivity contribution in [3.63, 3.8) is 0 Å². The molecule has 3 aliphatic rings. The molecule has 0 radical (unpaired) electrons. The second kappa shape index (κ2) is 10.4. The Hall–Kier alpha value is -2.00. The van der Waals surface area contributed by atoms with Gasteiger partial charge >= 0.3 is 0 Å². The lowest BCUT2D eigenvalue weighted by molar-refractivity contribution is -0.467. The van der Waals surface area contributed by atoms with E-state index in [2.05, 4.69) is 19.6 Å². The molecule has 3 aromatic rings. The quantitative estimate of drug-likeness (QED) is 0.158. The van der Waals surface area contributed by atoms with E-state index >= 15 is 0 Å². The number of thioether (sulfide) groups is 1. The highest BCUT2D eigenvalue weighted by Crippen LogP contribution is 2.41. The van der Waals surface area contributed by atoms with Crippen molar-refractivity contribution in [2.24, 2.45) is 5.41 Å². The summed E-state index contributed by atoms with van der Waals surface area (Å²) in [5, 5.41) is 12.1. The van der Waals surface area contributed by atoms with Crippen LogP contribution >= 0.6 is 24.4 Å². The number of hydrogen-bond acceptors (Lipinski definition) is 7. The van der Waals surface area contributed by atoms with Crippen molar-refractivity contribution in [2.45, 2.75) is 41.1 Å². The first-order valence-electron chi connectivity index (χ1n) is 12.2. The molecule has 2 bridgehead atoms. The minimum absolute atomic E-state index is 0.0340. The third-order valence-electron chi connectivity index (χ3n) is 6.88. The second-order valence-corrected chi connectivity index (χ2v) is 11.2. The molecule has 7 heteroatoms. The molecular weight excluding hydrogens is 492 g/mol. The molecule has 6 rings (SSSR count). The molecule has 3 aromatic carbocycles. The van der Waals surface area contributed by atoms with Crippen LogP contribution in [-0.4, -0.2) is 43.8 Å². The van der Waals surface area contributed by atoms with Crippen LogP contribution in [0.25, 0.3) is 0 Å². The fourth-order valence-electron chi connectivity index (χ4n) is 4.62. The number of aliphatic hydroxyl groups is 1. The van der Waals surface area contributed by atoms with Gasteiger partial charge in [0.05, 0.1) is 26.4 Å². The van der Waals surface area contributed by atoms with Crippen LogP contribution in [0, 0.1) is 5.41 Å².